The Morgan fingerprint density at radius 2 is 1.88 bits per heavy atom. The van der Waals surface area contributed by atoms with Gasteiger partial charge in [-0.15, -0.1) is 0 Å². The van der Waals surface area contributed by atoms with Crippen molar-refractivity contribution in [1.82, 2.24) is 14.5 Å². The second kappa shape index (κ2) is 7.88. The van der Waals surface area contributed by atoms with Gasteiger partial charge in [-0.2, -0.15) is 5.10 Å². The molecule has 1 N–H and O–H groups in total. The number of sulfonamides is 1. The maximum atomic E-state index is 12.6. The summed E-state index contributed by atoms with van der Waals surface area (Å²) in [6, 6.07) is 15.2. The molecule has 1 aromatic carbocycles. The van der Waals surface area contributed by atoms with Crippen LogP contribution in [0.4, 0.5) is 0 Å². The van der Waals surface area contributed by atoms with Gasteiger partial charge in [0.2, 0.25) is 0 Å². The normalized spacial score (nSPS) is 13.2. The standard InChI is InChI=1S/C19H23N3O3S/c1-15(2)22-19(11-12-20-22)26(23,24)21-13-10-17(18-9-6-14-25-18)16-7-4-3-5-8-16/h3-9,11-12,14-15,17,21H,10,13H2,1-2H3/t17-/m1/s1. The van der Waals surface area contributed by atoms with E-state index in [9.17, 15) is 8.42 Å². The number of benzene rings is 1. The van der Waals surface area contributed by atoms with Gasteiger partial charge in [-0.05, 0) is 44.0 Å². The van der Waals surface area contributed by atoms with Crippen molar-refractivity contribution < 1.29 is 12.8 Å². The molecule has 6 nitrogen and oxygen atoms in total. The summed E-state index contributed by atoms with van der Waals surface area (Å²) in [4.78, 5) is 0. The lowest BCUT2D eigenvalue weighted by molar-refractivity contribution is 0.466. The van der Waals surface area contributed by atoms with Crippen LogP contribution in [0.3, 0.4) is 0 Å². The van der Waals surface area contributed by atoms with Gasteiger partial charge in [0.15, 0.2) is 5.03 Å². The maximum absolute atomic E-state index is 12.6. The Kier molecular flexibility index (Phi) is 5.58. The fourth-order valence-corrected chi connectivity index (χ4v) is 4.24. The zero-order valence-corrected chi connectivity index (χ0v) is 15.7. The van der Waals surface area contributed by atoms with Gasteiger partial charge in [0, 0.05) is 18.5 Å². The summed E-state index contributed by atoms with van der Waals surface area (Å²) in [6.45, 7) is 4.09. The Bertz CT molecular complexity index is 916. The van der Waals surface area contributed by atoms with E-state index in [0.29, 0.717) is 13.0 Å². The van der Waals surface area contributed by atoms with Crippen molar-refractivity contribution in [2.75, 3.05) is 6.54 Å². The van der Waals surface area contributed by atoms with E-state index in [4.69, 9.17) is 4.42 Å². The molecule has 2 aromatic heterocycles. The first-order valence-electron chi connectivity index (χ1n) is 8.60. The highest BCUT2D eigenvalue weighted by molar-refractivity contribution is 7.89. The van der Waals surface area contributed by atoms with Crippen LogP contribution in [0.2, 0.25) is 0 Å². The fraction of sp³-hybridized carbons (Fsp3) is 0.316. The lowest BCUT2D eigenvalue weighted by Crippen LogP contribution is -2.28. The van der Waals surface area contributed by atoms with E-state index in [1.165, 1.54) is 16.9 Å². The molecule has 0 amide bonds. The highest BCUT2D eigenvalue weighted by Gasteiger charge is 2.22. The highest BCUT2D eigenvalue weighted by Crippen LogP contribution is 2.28. The average molecular weight is 373 g/mol. The number of nitrogens with one attached hydrogen (secondary N) is 1. The topological polar surface area (TPSA) is 77.1 Å². The first kappa shape index (κ1) is 18.4. The van der Waals surface area contributed by atoms with Crippen LogP contribution in [-0.4, -0.2) is 24.7 Å². The lowest BCUT2D eigenvalue weighted by Gasteiger charge is -2.16. The second-order valence-electron chi connectivity index (χ2n) is 6.37. The molecule has 1 atom stereocenters. The number of nitrogens with zero attached hydrogens (tertiary/aromatic N) is 2. The predicted molar refractivity (Wildman–Crippen MR) is 99.4 cm³/mol. The molecule has 0 radical (unpaired) electrons. The number of rotatable bonds is 8. The van der Waals surface area contributed by atoms with Gasteiger partial charge < -0.3 is 4.42 Å². The van der Waals surface area contributed by atoms with E-state index in [1.54, 1.807) is 6.26 Å². The minimum atomic E-state index is -3.62. The van der Waals surface area contributed by atoms with Crippen molar-refractivity contribution in [3.63, 3.8) is 0 Å². The van der Waals surface area contributed by atoms with Gasteiger partial charge in [-0.25, -0.2) is 13.1 Å². The van der Waals surface area contributed by atoms with Crippen LogP contribution >= 0.6 is 0 Å². The first-order chi connectivity index (χ1) is 12.5. The third kappa shape index (κ3) is 4.05. The van der Waals surface area contributed by atoms with Crippen molar-refractivity contribution in [3.05, 3.63) is 72.3 Å². The molecule has 3 rings (SSSR count). The zero-order chi connectivity index (χ0) is 18.6. The summed E-state index contributed by atoms with van der Waals surface area (Å²) in [7, 11) is -3.62. The third-order valence-electron chi connectivity index (χ3n) is 4.21. The van der Waals surface area contributed by atoms with E-state index in [1.807, 2.05) is 56.3 Å². The molecule has 0 bridgehead atoms. The molecule has 3 aromatic rings. The molecule has 26 heavy (non-hydrogen) atoms. The van der Waals surface area contributed by atoms with E-state index in [-0.39, 0.29) is 17.0 Å². The summed E-state index contributed by atoms with van der Waals surface area (Å²) in [6.07, 6.45) is 3.73. The van der Waals surface area contributed by atoms with Crippen LogP contribution in [0.1, 0.15) is 43.6 Å². The molecule has 7 heteroatoms. The molecule has 0 aliphatic rings. The van der Waals surface area contributed by atoms with Crippen molar-refractivity contribution in [1.29, 1.82) is 0 Å². The highest BCUT2D eigenvalue weighted by atomic mass is 32.2. The van der Waals surface area contributed by atoms with Crippen LogP contribution in [0.25, 0.3) is 0 Å². The molecule has 2 heterocycles. The quantitative estimate of drug-likeness (QED) is 0.655. The molecule has 0 aliphatic heterocycles. The third-order valence-corrected chi connectivity index (χ3v) is 5.67. The van der Waals surface area contributed by atoms with Crippen LogP contribution < -0.4 is 4.72 Å². The molecular formula is C19H23N3O3S. The molecule has 0 aliphatic carbocycles. The number of aromatic nitrogens is 2. The Morgan fingerprint density at radius 3 is 2.54 bits per heavy atom. The Balaban J connectivity index is 1.73. The molecular weight excluding hydrogens is 350 g/mol. The minimum absolute atomic E-state index is 0.0103. The Hall–Kier alpha value is -2.38. The second-order valence-corrected chi connectivity index (χ2v) is 8.09. The van der Waals surface area contributed by atoms with E-state index < -0.39 is 10.0 Å². The fourth-order valence-electron chi connectivity index (χ4n) is 2.96. The molecule has 0 spiro atoms. The number of hydrogen-bond acceptors (Lipinski definition) is 4. The molecule has 0 saturated heterocycles. The maximum Gasteiger partial charge on any atom is 0.257 e. The average Bonchev–Trinajstić information content (AvgIpc) is 3.31. The summed E-state index contributed by atoms with van der Waals surface area (Å²) in [5.41, 5.74) is 1.09. The van der Waals surface area contributed by atoms with Crippen molar-refractivity contribution in [2.45, 2.75) is 37.3 Å². The van der Waals surface area contributed by atoms with Crippen LogP contribution in [0, 0.1) is 0 Å². The zero-order valence-electron chi connectivity index (χ0n) is 14.9. The lowest BCUT2D eigenvalue weighted by atomic mass is 9.93. The van der Waals surface area contributed by atoms with E-state index >= 15 is 0 Å². The van der Waals surface area contributed by atoms with E-state index in [2.05, 4.69) is 9.82 Å². The molecule has 0 fully saturated rings. The van der Waals surface area contributed by atoms with Crippen LogP contribution in [0.5, 0.6) is 0 Å². The van der Waals surface area contributed by atoms with Gasteiger partial charge in [0.25, 0.3) is 10.0 Å². The Labute approximate surface area is 153 Å². The van der Waals surface area contributed by atoms with Crippen molar-refractivity contribution in [3.8, 4) is 0 Å². The van der Waals surface area contributed by atoms with Gasteiger partial charge in [-0.1, -0.05) is 30.3 Å². The summed E-state index contributed by atoms with van der Waals surface area (Å²) in [5, 5.41) is 4.28. The van der Waals surface area contributed by atoms with Crippen LogP contribution in [-0.2, 0) is 10.0 Å². The Morgan fingerprint density at radius 1 is 1.12 bits per heavy atom. The summed E-state index contributed by atoms with van der Waals surface area (Å²) >= 11 is 0. The van der Waals surface area contributed by atoms with Crippen molar-refractivity contribution >= 4 is 10.0 Å². The van der Waals surface area contributed by atoms with Gasteiger partial charge in [0.1, 0.15) is 5.76 Å². The summed E-state index contributed by atoms with van der Waals surface area (Å²) < 4.78 is 35.0. The molecule has 0 unspecified atom stereocenters. The monoisotopic (exact) mass is 373 g/mol. The smallest absolute Gasteiger partial charge is 0.257 e. The largest absolute Gasteiger partial charge is 0.469 e. The number of hydrogen-bond donors (Lipinski definition) is 1. The molecule has 0 saturated carbocycles. The first-order valence-corrected chi connectivity index (χ1v) is 10.1. The van der Waals surface area contributed by atoms with Gasteiger partial charge in [0.05, 0.1) is 12.5 Å². The van der Waals surface area contributed by atoms with Crippen molar-refractivity contribution in [2.24, 2.45) is 0 Å². The summed E-state index contributed by atoms with van der Waals surface area (Å²) in [5.74, 6) is 0.812. The molecule has 138 valence electrons. The minimum Gasteiger partial charge on any atom is -0.469 e. The SMILES string of the molecule is CC(C)n1nccc1S(=O)(=O)NCC[C@H](c1ccccc1)c1ccco1. The van der Waals surface area contributed by atoms with Gasteiger partial charge in [-0.3, -0.25) is 4.68 Å². The van der Waals surface area contributed by atoms with Gasteiger partial charge >= 0.3 is 0 Å². The number of furan rings is 1. The van der Waals surface area contributed by atoms with Crippen LogP contribution in [0.15, 0.2) is 70.4 Å². The predicted octanol–water partition coefficient (Wildman–Crippen LogP) is 3.56. The van der Waals surface area contributed by atoms with E-state index in [0.717, 1.165) is 11.3 Å².